The van der Waals surface area contributed by atoms with Gasteiger partial charge in [0.25, 0.3) is 0 Å². The lowest BCUT2D eigenvalue weighted by molar-refractivity contribution is -0.388. The van der Waals surface area contributed by atoms with Gasteiger partial charge in [-0.3, -0.25) is 10.1 Å². The molecular formula is C14H9FN2O5S. The zero-order valence-corrected chi connectivity index (χ0v) is 12.5. The normalized spacial score (nSPS) is 10.8. The molecule has 9 heteroatoms. The average molecular weight is 336 g/mol. The smallest absolute Gasteiger partial charge is 0.330 e. The third-order valence-corrected chi connectivity index (χ3v) is 3.96. The number of hydrogen-bond acceptors (Lipinski definition) is 6. The van der Waals surface area contributed by atoms with Gasteiger partial charge in [-0.05, 0) is 24.3 Å². The third-order valence-electron chi connectivity index (χ3n) is 2.83. The highest BCUT2D eigenvalue weighted by molar-refractivity contribution is 7.90. The van der Waals surface area contributed by atoms with E-state index in [1.807, 2.05) is 0 Å². The zero-order chi connectivity index (χ0) is 17.2. The minimum atomic E-state index is -3.85. The highest BCUT2D eigenvalue weighted by atomic mass is 32.2. The van der Waals surface area contributed by atoms with Crippen LogP contribution >= 0.6 is 0 Å². The van der Waals surface area contributed by atoms with Crippen molar-refractivity contribution >= 4 is 15.5 Å². The van der Waals surface area contributed by atoms with E-state index in [4.69, 9.17) is 10.00 Å². The number of ether oxygens (including phenoxy) is 1. The molecule has 0 atom stereocenters. The van der Waals surface area contributed by atoms with E-state index in [1.165, 1.54) is 18.2 Å². The molecule has 0 fully saturated rings. The van der Waals surface area contributed by atoms with Crippen molar-refractivity contribution in [3.63, 3.8) is 0 Å². The summed E-state index contributed by atoms with van der Waals surface area (Å²) in [5.74, 6) is -1.30. The predicted molar refractivity (Wildman–Crippen MR) is 77.4 cm³/mol. The van der Waals surface area contributed by atoms with Crippen LogP contribution in [0.1, 0.15) is 5.56 Å². The fourth-order valence-corrected chi connectivity index (χ4v) is 2.69. The van der Waals surface area contributed by atoms with Gasteiger partial charge >= 0.3 is 5.69 Å². The number of sulfone groups is 1. The van der Waals surface area contributed by atoms with E-state index in [-0.39, 0.29) is 17.1 Å². The van der Waals surface area contributed by atoms with E-state index in [2.05, 4.69) is 0 Å². The molecule has 7 nitrogen and oxygen atoms in total. The molecule has 0 bridgehead atoms. The lowest BCUT2D eigenvalue weighted by Gasteiger charge is -2.09. The maximum atomic E-state index is 13.5. The molecule has 0 aliphatic rings. The Bertz CT molecular complexity index is 935. The fraction of sp³-hybridized carbons (Fsp3) is 0.0714. The first-order valence-electron chi connectivity index (χ1n) is 6.09. The fourth-order valence-electron chi connectivity index (χ4n) is 1.84. The highest BCUT2D eigenvalue weighted by Crippen LogP contribution is 2.36. The largest absolute Gasteiger partial charge is 0.450 e. The van der Waals surface area contributed by atoms with E-state index in [0.717, 1.165) is 24.5 Å². The summed E-state index contributed by atoms with van der Waals surface area (Å²) in [6.45, 7) is 0. The van der Waals surface area contributed by atoms with Gasteiger partial charge in [0.1, 0.15) is 22.5 Å². The Labute approximate surface area is 130 Å². The van der Waals surface area contributed by atoms with Gasteiger partial charge in [0, 0.05) is 12.3 Å². The van der Waals surface area contributed by atoms with Gasteiger partial charge in [-0.1, -0.05) is 6.07 Å². The molecule has 0 N–H and O–H groups in total. The van der Waals surface area contributed by atoms with Gasteiger partial charge in [-0.15, -0.1) is 0 Å². The molecule has 118 valence electrons. The Kier molecular flexibility index (Phi) is 4.29. The number of nitrogens with zero attached hydrogens (tertiary/aromatic N) is 2. The number of hydrogen-bond donors (Lipinski definition) is 0. The SMILES string of the molecule is CS(=O)(=O)c1cccc(Oc2ccc(C#N)c(F)c2)c1[N+](=O)[O-]. The molecule has 0 heterocycles. The minimum absolute atomic E-state index is 0.102. The molecule has 2 rings (SSSR count). The summed E-state index contributed by atoms with van der Waals surface area (Å²) < 4.78 is 42.1. The molecule has 0 amide bonds. The molecule has 0 aromatic heterocycles. The van der Waals surface area contributed by atoms with Crippen LogP contribution < -0.4 is 4.74 Å². The second-order valence-electron chi connectivity index (χ2n) is 4.49. The summed E-state index contributed by atoms with van der Waals surface area (Å²) in [6, 6.07) is 8.47. The van der Waals surface area contributed by atoms with Crippen molar-refractivity contribution in [2.45, 2.75) is 4.90 Å². The van der Waals surface area contributed by atoms with Crippen molar-refractivity contribution in [1.29, 1.82) is 5.26 Å². The predicted octanol–water partition coefficient (Wildman–Crippen LogP) is 2.80. The van der Waals surface area contributed by atoms with Crippen LogP contribution in [0.25, 0.3) is 0 Å². The lowest BCUT2D eigenvalue weighted by Crippen LogP contribution is -2.04. The van der Waals surface area contributed by atoms with Crippen LogP contribution in [0.2, 0.25) is 0 Å². The van der Waals surface area contributed by atoms with Gasteiger partial charge in [-0.25, -0.2) is 12.8 Å². The van der Waals surface area contributed by atoms with Crippen molar-refractivity contribution in [3.8, 4) is 17.6 Å². The molecule has 0 radical (unpaired) electrons. The summed E-state index contributed by atoms with van der Waals surface area (Å²) in [4.78, 5) is 9.80. The summed E-state index contributed by atoms with van der Waals surface area (Å²) in [6.07, 6.45) is 0.834. The summed E-state index contributed by atoms with van der Waals surface area (Å²) in [7, 11) is -3.85. The molecule has 0 aliphatic heterocycles. The van der Waals surface area contributed by atoms with Crippen LogP contribution in [-0.4, -0.2) is 19.6 Å². The number of para-hydroxylation sites is 1. The summed E-state index contributed by atoms with van der Waals surface area (Å²) in [5, 5.41) is 19.8. The maximum absolute atomic E-state index is 13.5. The van der Waals surface area contributed by atoms with Crippen LogP contribution in [0, 0.1) is 27.3 Å². The zero-order valence-electron chi connectivity index (χ0n) is 11.7. The molecule has 2 aromatic rings. The topological polar surface area (TPSA) is 110 Å². The van der Waals surface area contributed by atoms with Crippen molar-refractivity contribution in [2.24, 2.45) is 0 Å². The quantitative estimate of drug-likeness (QED) is 0.627. The van der Waals surface area contributed by atoms with Gasteiger partial charge in [-0.2, -0.15) is 5.26 Å². The number of nitro groups is 1. The number of benzene rings is 2. The number of halogens is 1. The first kappa shape index (κ1) is 16.4. The van der Waals surface area contributed by atoms with E-state index in [0.29, 0.717) is 0 Å². The Hall–Kier alpha value is -2.99. The summed E-state index contributed by atoms with van der Waals surface area (Å²) in [5.41, 5.74) is -0.948. The van der Waals surface area contributed by atoms with Crippen LogP contribution in [0.5, 0.6) is 11.5 Å². The first-order valence-corrected chi connectivity index (χ1v) is 7.98. The monoisotopic (exact) mass is 336 g/mol. The Morgan fingerprint density at radius 1 is 1.30 bits per heavy atom. The Balaban J connectivity index is 2.55. The van der Waals surface area contributed by atoms with Crippen molar-refractivity contribution in [3.05, 3.63) is 57.9 Å². The summed E-state index contributed by atoms with van der Waals surface area (Å²) >= 11 is 0. The van der Waals surface area contributed by atoms with Gasteiger partial charge in [0.15, 0.2) is 9.84 Å². The molecule has 0 saturated carbocycles. The third kappa shape index (κ3) is 3.44. The second kappa shape index (κ2) is 6.02. The van der Waals surface area contributed by atoms with Crippen LogP contribution in [-0.2, 0) is 9.84 Å². The minimum Gasteiger partial charge on any atom is -0.450 e. The van der Waals surface area contributed by atoms with Crippen molar-refractivity contribution in [2.75, 3.05) is 6.26 Å². The Morgan fingerprint density at radius 3 is 2.52 bits per heavy atom. The van der Waals surface area contributed by atoms with Gasteiger partial charge in [0.2, 0.25) is 5.75 Å². The molecule has 2 aromatic carbocycles. The first-order chi connectivity index (χ1) is 10.7. The molecule has 0 spiro atoms. The van der Waals surface area contributed by atoms with Crippen molar-refractivity contribution < 1.29 is 22.5 Å². The van der Waals surface area contributed by atoms with Crippen LogP contribution in [0.15, 0.2) is 41.3 Å². The molecule has 0 unspecified atom stereocenters. The number of rotatable bonds is 4. The Morgan fingerprint density at radius 2 is 2.00 bits per heavy atom. The van der Waals surface area contributed by atoms with Crippen LogP contribution in [0.4, 0.5) is 10.1 Å². The van der Waals surface area contributed by atoms with Gasteiger partial charge in [0.05, 0.1) is 10.5 Å². The van der Waals surface area contributed by atoms with Crippen LogP contribution in [0.3, 0.4) is 0 Å². The molecule has 23 heavy (non-hydrogen) atoms. The number of nitriles is 1. The second-order valence-corrected chi connectivity index (χ2v) is 6.47. The van der Waals surface area contributed by atoms with Gasteiger partial charge < -0.3 is 4.74 Å². The van der Waals surface area contributed by atoms with Crippen molar-refractivity contribution in [1.82, 2.24) is 0 Å². The molecule has 0 aliphatic carbocycles. The molecular weight excluding hydrogens is 327 g/mol. The lowest BCUT2D eigenvalue weighted by atomic mass is 10.2. The van der Waals surface area contributed by atoms with E-state index < -0.39 is 31.2 Å². The van der Waals surface area contributed by atoms with E-state index >= 15 is 0 Å². The highest BCUT2D eigenvalue weighted by Gasteiger charge is 2.27. The maximum Gasteiger partial charge on any atom is 0.330 e. The number of nitro benzene ring substituents is 1. The molecule has 0 saturated heterocycles. The average Bonchev–Trinajstić information content (AvgIpc) is 2.46. The van der Waals surface area contributed by atoms with E-state index in [1.54, 1.807) is 6.07 Å². The van der Waals surface area contributed by atoms with E-state index in [9.17, 15) is 22.9 Å². The standard InChI is InChI=1S/C14H9FN2O5S/c1-23(20,21)13-4-2-3-12(14(13)17(18)19)22-10-6-5-9(8-16)11(15)7-10/h2-7H,1H3.